The summed E-state index contributed by atoms with van der Waals surface area (Å²) in [6.45, 7) is 1.27. The molecule has 21 heavy (non-hydrogen) atoms. The molecule has 1 unspecified atom stereocenters. The molecule has 0 amide bonds. The maximum Gasteiger partial charge on any atom is 0.403 e. The number of aryl methyl sites for hydroxylation is 1. The summed E-state index contributed by atoms with van der Waals surface area (Å²) in [5, 5.41) is 3.85. The van der Waals surface area contributed by atoms with Crippen molar-refractivity contribution in [1.29, 1.82) is 0 Å². The molecule has 0 bridgehead atoms. The van der Waals surface area contributed by atoms with Crippen molar-refractivity contribution in [2.24, 2.45) is 7.05 Å². The summed E-state index contributed by atoms with van der Waals surface area (Å²) < 4.78 is 65.1. The maximum atomic E-state index is 12.7. The predicted octanol–water partition coefficient (Wildman–Crippen LogP) is 0.677. The van der Waals surface area contributed by atoms with Crippen molar-refractivity contribution in [2.45, 2.75) is 24.2 Å². The third-order valence-corrected chi connectivity index (χ3v) is 5.65. The Morgan fingerprint density at radius 1 is 1.24 bits per heavy atom. The molecule has 120 valence electrons. The van der Waals surface area contributed by atoms with E-state index in [0.29, 0.717) is 0 Å². The number of rotatable bonds is 3. The van der Waals surface area contributed by atoms with Gasteiger partial charge in [0.2, 0.25) is 0 Å². The van der Waals surface area contributed by atoms with Crippen molar-refractivity contribution in [3.8, 4) is 0 Å². The van der Waals surface area contributed by atoms with E-state index in [-0.39, 0.29) is 31.2 Å². The molecule has 0 radical (unpaired) electrons. The zero-order chi connectivity index (χ0) is 15.8. The molecule has 1 atom stereocenters. The number of piperazine rings is 1. The predicted molar refractivity (Wildman–Crippen MR) is 69.1 cm³/mol. The van der Waals surface area contributed by atoms with Gasteiger partial charge in [0.05, 0.1) is 6.20 Å². The molecule has 0 saturated carbocycles. The molecule has 10 heteroatoms. The topological polar surface area (TPSA) is 58.4 Å². The monoisotopic (exact) mass is 326 g/mol. The molecule has 1 aliphatic heterocycles. The quantitative estimate of drug-likeness (QED) is 0.819. The van der Waals surface area contributed by atoms with Gasteiger partial charge in [-0.05, 0) is 13.0 Å². The molecule has 0 aliphatic carbocycles. The average molecular weight is 326 g/mol. The second kappa shape index (κ2) is 5.58. The fraction of sp³-hybridized carbons (Fsp3) is 0.727. The van der Waals surface area contributed by atoms with Gasteiger partial charge in [0.15, 0.2) is 5.03 Å². The highest BCUT2D eigenvalue weighted by Crippen LogP contribution is 2.26. The molecule has 0 N–H and O–H groups in total. The van der Waals surface area contributed by atoms with E-state index in [1.807, 2.05) is 0 Å². The zero-order valence-corrected chi connectivity index (χ0v) is 12.5. The molecule has 1 aliphatic rings. The Morgan fingerprint density at radius 3 is 2.24 bits per heavy atom. The van der Waals surface area contributed by atoms with Gasteiger partial charge in [0.1, 0.15) is 6.04 Å². The molecule has 6 nitrogen and oxygen atoms in total. The van der Waals surface area contributed by atoms with Gasteiger partial charge in [-0.3, -0.25) is 9.58 Å². The normalized spacial score (nSPS) is 20.6. The van der Waals surface area contributed by atoms with Gasteiger partial charge in [-0.2, -0.15) is 22.6 Å². The summed E-state index contributed by atoms with van der Waals surface area (Å²) in [5.74, 6) is 0. The summed E-state index contributed by atoms with van der Waals surface area (Å²) in [5.41, 5.74) is 0. The smallest absolute Gasteiger partial charge is 0.290 e. The van der Waals surface area contributed by atoms with Crippen molar-refractivity contribution in [2.75, 3.05) is 26.2 Å². The van der Waals surface area contributed by atoms with Crippen LogP contribution < -0.4 is 0 Å². The lowest BCUT2D eigenvalue weighted by Gasteiger charge is -2.37. The minimum atomic E-state index is -4.30. The van der Waals surface area contributed by atoms with E-state index in [2.05, 4.69) is 5.10 Å². The Morgan fingerprint density at radius 2 is 1.81 bits per heavy atom. The van der Waals surface area contributed by atoms with Crippen molar-refractivity contribution < 1.29 is 21.6 Å². The van der Waals surface area contributed by atoms with Gasteiger partial charge in [-0.25, -0.2) is 8.42 Å². The van der Waals surface area contributed by atoms with Crippen molar-refractivity contribution in [3.63, 3.8) is 0 Å². The fourth-order valence-corrected chi connectivity index (χ4v) is 3.81. The molecule has 1 saturated heterocycles. The standard InChI is InChI=1S/C11H17F3N4O2S/c1-9(11(12,13)14)17-5-7-18(8-6-17)21(19,20)10-3-4-15-16(10)2/h3-4,9H,5-8H2,1-2H3. The number of aromatic nitrogens is 2. The van der Waals surface area contributed by atoms with E-state index in [0.717, 1.165) is 6.92 Å². The number of hydrogen-bond acceptors (Lipinski definition) is 4. The first kappa shape index (κ1) is 16.2. The number of halogens is 3. The van der Waals surface area contributed by atoms with Crippen LogP contribution in [0.2, 0.25) is 0 Å². The summed E-state index contributed by atoms with van der Waals surface area (Å²) in [4.78, 5) is 1.25. The van der Waals surface area contributed by atoms with E-state index in [1.165, 1.54) is 33.2 Å². The van der Waals surface area contributed by atoms with Gasteiger partial charge in [0.25, 0.3) is 10.0 Å². The zero-order valence-electron chi connectivity index (χ0n) is 11.7. The molecule has 1 aromatic rings. The summed E-state index contributed by atoms with van der Waals surface area (Å²) >= 11 is 0. The summed E-state index contributed by atoms with van der Waals surface area (Å²) in [6, 6.07) is -0.195. The van der Waals surface area contributed by atoms with Crippen LogP contribution in [0.1, 0.15) is 6.92 Å². The highest BCUT2D eigenvalue weighted by Gasteiger charge is 2.42. The third-order valence-electron chi connectivity index (χ3n) is 3.67. The Kier molecular flexibility index (Phi) is 4.31. The fourth-order valence-electron chi connectivity index (χ4n) is 2.29. The molecule has 0 spiro atoms. The van der Waals surface area contributed by atoms with E-state index >= 15 is 0 Å². The lowest BCUT2D eigenvalue weighted by molar-refractivity contribution is -0.181. The minimum Gasteiger partial charge on any atom is -0.290 e. The third kappa shape index (κ3) is 3.22. The van der Waals surface area contributed by atoms with Crippen LogP contribution in [0, 0.1) is 0 Å². The van der Waals surface area contributed by atoms with Crippen molar-refractivity contribution in [3.05, 3.63) is 12.3 Å². The molecular formula is C11H17F3N4O2S. The van der Waals surface area contributed by atoms with Crippen LogP contribution in [0.5, 0.6) is 0 Å². The van der Waals surface area contributed by atoms with Crippen LogP contribution in [0.15, 0.2) is 17.3 Å². The highest BCUT2D eigenvalue weighted by molar-refractivity contribution is 7.89. The SMILES string of the molecule is CC(N1CCN(S(=O)(=O)c2ccnn2C)CC1)C(F)(F)F. The van der Waals surface area contributed by atoms with Gasteiger partial charge in [0, 0.05) is 33.2 Å². The lowest BCUT2D eigenvalue weighted by atomic mass is 10.2. The number of sulfonamides is 1. The molecule has 1 aromatic heterocycles. The van der Waals surface area contributed by atoms with Gasteiger partial charge >= 0.3 is 6.18 Å². The van der Waals surface area contributed by atoms with Crippen molar-refractivity contribution >= 4 is 10.0 Å². The van der Waals surface area contributed by atoms with Crippen LogP contribution in [0.4, 0.5) is 13.2 Å². The van der Waals surface area contributed by atoms with E-state index in [1.54, 1.807) is 0 Å². The highest BCUT2D eigenvalue weighted by atomic mass is 32.2. The summed E-state index contributed by atoms with van der Waals surface area (Å²) in [7, 11) is -2.20. The van der Waals surface area contributed by atoms with E-state index in [9.17, 15) is 21.6 Å². The van der Waals surface area contributed by atoms with Crippen LogP contribution in [-0.2, 0) is 17.1 Å². The lowest BCUT2D eigenvalue weighted by Crippen LogP contribution is -2.54. The average Bonchev–Trinajstić information content (AvgIpc) is 2.84. The Labute approximate surface area is 121 Å². The molecule has 2 rings (SSSR count). The van der Waals surface area contributed by atoms with Crippen LogP contribution in [-0.4, -0.2) is 65.8 Å². The molecular weight excluding hydrogens is 309 g/mol. The summed E-state index contributed by atoms with van der Waals surface area (Å²) in [6.07, 6.45) is -2.93. The Hall–Kier alpha value is -1.13. The molecule has 0 aromatic carbocycles. The first-order chi connectivity index (χ1) is 9.64. The Balaban J connectivity index is 2.06. The van der Waals surface area contributed by atoms with Gasteiger partial charge < -0.3 is 0 Å². The van der Waals surface area contributed by atoms with Crippen LogP contribution >= 0.6 is 0 Å². The van der Waals surface area contributed by atoms with E-state index < -0.39 is 22.2 Å². The molecule has 2 heterocycles. The largest absolute Gasteiger partial charge is 0.403 e. The first-order valence-electron chi connectivity index (χ1n) is 6.43. The molecule has 1 fully saturated rings. The second-order valence-electron chi connectivity index (χ2n) is 4.95. The van der Waals surface area contributed by atoms with Crippen LogP contribution in [0.25, 0.3) is 0 Å². The number of hydrogen-bond donors (Lipinski definition) is 0. The second-order valence-corrected chi connectivity index (χ2v) is 6.84. The van der Waals surface area contributed by atoms with E-state index in [4.69, 9.17) is 0 Å². The number of nitrogens with zero attached hydrogens (tertiary/aromatic N) is 4. The van der Waals surface area contributed by atoms with Crippen LogP contribution in [0.3, 0.4) is 0 Å². The minimum absolute atomic E-state index is 0.0356. The van der Waals surface area contributed by atoms with Gasteiger partial charge in [-0.15, -0.1) is 0 Å². The first-order valence-corrected chi connectivity index (χ1v) is 7.87. The van der Waals surface area contributed by atoms with Gasteiger partial charge in [-0.1, -0.05) is 0 Å². The Bertz CT molecular complexity index is 591. The maximum absolute atomic E-state index is 12.7. The van der Waals surface area contributed by atoms with Crippen molar-refractivity contribution in [1.82, 2.24) is 19.0 Å². The number of alkyl halides is 3.